The van der Waals surface area contributed by atoms with Crippen LogP contribution in [0, 0.1) is 17.8 Å². The highest BCUT2D eigenvalue weighted by Crippen LogP contribution is 2.32. The molecule has 0 spiro atoms. The van der Waals surface area contributed by atoms with Gasteiger partial charge in [-0.05, 0) is 25.2 Å². The van der Waals surface area contributed by atoms with Crippen LogP contribution < -0.4 is 0 Å². The summed E-state index contributed by atoms with van der Waals surface area (Å²) in [6.07, 6.45) is 23.4. The van der Waals surface area contributed by atoms with Gasteiger partial charge in [0.05, 0.1) is 25.0 Å². The quantitative estimate of drug-likeness (QED) is 0.133. The monoisotopic (exact) mass is 466 g/mol. The highest BCUT2D eigenvalue weighted by atomic mass is 16.5. The average Bonchev–Trinajstić information content (AvgIpc) is 2.82. The second-order valence-corrected chi connectivity index (χ2v) is 10.6. The lowest BCUT2D eigenvalue weighted by atomic mass is 9.79. The van der Waals surface area contributed by atoms with Crippen molar-refractivity contribution in [1.29, 1.82) is 0 Å². The second kappa shape index (κ2) is 20.3. The number of hydrogen-bond acceptors (Lipinski definition) is 4. The Kier molecular flexibility index (Phi) is 18.5. The van der Waals surface area contributed by atoms with E-state index in [-0.39, 0.29) is 23.8 Å². The van der Waals surface area contributed by atoms with E-state index in [2.05, 4.69) is 6.92 Å². The van der Waals surface area contributed by atoms with Crippen LogP contribution in [-0.2, 0) is 19.1 Å². The van der Waals surface area contributed by atoms with E-state index in [9.17, 15) is 9.59 Å². The molecule has 0 amide bonds. The maximum absolute atomic E-state index is 12.6. The maximum Gasteiger partial charge on any atom is 0.309 e. The van der Waals surface area contributed by atoms with Crippen molar-refractivity contribution in [1.82, 2.24) is 0 Å². The van der Waals surface area contributed by atoms with E-state index in [1.807, 2.05) is 13.8 Å². The molecular formula is C29H54O4. The van der Waals surface area contributed by atoms with Gasteiger partial charge in [-0.25, -0.2) is 0 Å². The van der Waals surface area contributed by atoms with E-state index in [1.54, 1.807) is 0 Å². The molecule has 0 aliphatic heterocycles. The van der Waals surface area contributed by atoms with Crippen molar-refractivity contribution >= 4 is 11.9 Å². The lowest BCUT2D eigenvalue weighted by Gasteiger charge is -2.28. The zero-order valence-corrected chi connectivity index (χ0v) is 22.2. The Labute approximate surface area is 205 Å². The molecule has 4 nitrogen and oxygen atoms in total. The van der Waals surface area contributed by atoms with Gasteiger partial charge in [-0.2, -0.15) is 0 Å². The molecule has 1 rings (SSSR count). The third-order valence-electron chi connectivity index (χ3n) is 6.92. The van der Waals surface area contributed by atoms with Crippen LogP contribution in [0.3, 0.4) is 0 Å². The van der Waals surface area contributed by atoms with Gasteiger partial charge >= 0.3 is 11.9 Å². The predicted molar refractivity (Wildman–Crippen MR) is 137 cm³/mol. The number of unbranched alkanes of at least 4 members (excludes halogenated alkanes) is 14. The van der Waals surface area contributed by atoms with Gasteiger partial charge < -0.3 is 9.47 Å². The Morgan fingerprint density at radius 3 is 1.45 bits per heavy atom. The molecule has 2 unspecified atom stereocenters. The number of rotatable bonds is 20. The van der Waals surface area contributed by atoms with E-state index in [1.165, 1.54) is 83.5 Å². The lowest BCUT2D eigenvalue weighted by molar-refractivity contribution is -0.163. The summed E-state index contributed by atoms with van der Waals surface area (Å²) in [5.41, 5.74) is 0. The van der Waals surface area contributed by atoms with E-state index in [0.717, 1.165) is 38.5 Å². The molecule has 1 aliphatic rings. The summed E-state index contributed by atoms with van der Waals surface area (Å²) in [5.74, 6) is -0.710. The summed E-state index contributed by atoms with van der Waals surface area (Å²) in [5, 5.41) is 0. The fraction of sp³-hybridized carbons (Fsp3) is 0.931. The highest BCUT2D eigenvalue weighted by Gasteiger charge is 2.37. The summed E-state index contributed by atoms with van der Waals surface area (Å²) in [4.78, 5) is 25.0. The summed E-state index contributed by atoms with van der Waals surface area (Å²) < 4.78 is 11.0. The van der Waals surface area contributed by atoms with Crippen molar-refractivity contribution in [3.05, 3.63) is 0 Å². The van der Waals surface area contributed by atoms with Gasteiger partial charge in [-0.1, -0.05) is 124 Å². The Morgan fingerprint density at radius 1 is 0.636 bits per heavy atom. The standard InChI is InChI=1S/C29H54O4/c1-4-5-6-7-8-9-10-11-12-13-14-15-16-17-20-23-32-28(30)26-21-18-19-22-27(26)29(31)33-24-25(2)3/h25-27H,4-24H2,1-3H3. The molecule has 0 heterocycles. The fourth-order valence-corrected chi connectivity index (χ4v) is 4.80. The van der Waals surface area contributed by atoms with Gasteiger partial charge in [0.15, 0.2) is 0 Å². The number of carbonyl (C=O) groups excluding carboxylic acids is 2. The molecule has 1 aliphatic carbocycles. The average molecular weight is 467 g/mol. The van der Waals surface area contributed by atoms with Gasteiger partial charge in [-0.15, -0.1) is 0 Å². The van der Waals surface area contributed by atoms with Crippen LogP contribution in [0.2, 0.25) is 0 Å². The Morgan fingerprint density at radius 2 is 1.03 bits per heavy atom. The molecule has 0 N–H and O–H groups in total. The third kappa shape index (κ3) is 15.5. The van der Waals surface area contributed by atoms with Gasteiger partial charge in [0, 0.05) is 0 Å². The molecule has 1 fully saturated rings. The summed E-state index contributed by atoms with van der Waals surface area (Å²) in [7, 11) is 0. The Balaban J connectivity index is 1.99. The molecule has 33 heavy (non-hydrogen) atoms. The van der Waals surface area contributed by atoms with Crippen LogP contribution in [0.15, 0.2) is 0 Å². The second-order valence-electron chi connectivity index (χ2n) is 10.6. The number of esters is 2. The minimum Gasteiger partial charge on any atom is -0.465 e. The molecule has 194 valence electrons. The summed E-state index contributed by atoms with van der Waals surface area (Å²) in [6.45, 7) is 7.24. The molecule has 0 aromatic rings. The zero-order chi connectivity index (χ0) is 24.2. The number of hydrogen-bond donors (Lipinski definition) is 0. The van der Waals surface area contributed by atoms with Crippen molar-refractivity contribution in [2.45, 2.75) is 143 Å². The molecule has 2 atom stereocenters. The molecule has 0 saturated heterocycles. The van der Waals surface area contributed by atoms with E-state index < -0.39 is 0 Å². The van der Waals surface area contributed by atoms with Crippen molar-refractivity contribution in [3.63, 3.8) is 0 Å². The van der Waals surface area contributed by atoms with Gasteiger partial charge in [-0.3, -0.25) is 9.59 Å². The number of ether oxygens (including phenoxy) is 2. The maximum atomic E-state index is 12.6. The van der Waals surface area contributed by atoms with Crippen molar-refractivity contribution in [2.75, 3.05) is 13.2 Å². The Bertz CT molecular complexity index is 488. The molecule has 0 aromatic heterocycles. The number of carbonyl (C=O) groups is 2. The van der Waals surface area contributed by atoms with Crippen LogP contribution in [0.4, 0.5) is 0 Å². The van der Waals surface area contributed by atoms with Crippen molar-refractivity contribution in [2.24, 2.45) is 17.8 Å². The van der Waals surface area contributed by atoms with Crippen LogP contribution in [0.5, 0.6) is 0 Å². The zero-order valence-electron chi connectivity index (χ0n) is 22.2. The van der Waals surface area contributed by atoms with E-state index in [0.29, 0.717) is 19.1 Å². The summed E-state index contributed by atoms with van der Waals surface area (Å²) >= 11 is 0. The molecule has 0 radical (unpaired) electrons. The largest absolute Gasteiger partial charge is 0.465 e. The normalized spacial score (nSPS) is 18.4. The fourth-order valence-electron chi connectivity index (χ4n) is 4.80. The SMILES string of the molecule is CCCCCCCCCCCCCCCCCOC(=O)C1CCCCC1C(=O)OCC(C)C. The first-order valence-corrected chi connectivity index (χ1v) is 14.4. The highest BCUT2D eigenvalue weighted by molar-refractivity contribution is 5.82. The Hall–Kier alpha value is -1.06. The van der Waals surface area contributed by atoms with Crippen molar-refractivity contribution < 1.29 is 19.1 Å². The topological polar surface area (TPSA) is 52.6 Å². The first kappa shape index (κ1) is 30.0. The van der Waals surface area contributed by atoms with Gasteiger partial charge in [0.25, 0.3) is 0 Å². The summed E-state index contributed by atoms with van der Waals surface area (Å²) in [6, 6.07) is 0. The van der Waals surface area contributed by atoms with Crippen LogP contribution in [0.1, 0.15) is 143 Å². The predicted octanol–water partition coefficient (Wildman–Crippen LogP) is 8.41. The lowest BCUT2D eigenvalue weighted by Crippen LogP contribution is -2.35. The van der Waals surface area contributed by atoms with Crippen LogP contribution >= 0.6 is 0 Å². The van der Waals surface area contributed by atoms with Crippen LogP contribution in [-0.4, -0.2) is 25.2 Å². The molecule has 1 saturated carbocycles. The van der Waals surface area contributed by atoms with Gasteiger partial charge in [0.1, 0.15) is 0 Å². The minimum absolute atomic E-state index is 0.188. The van der Waals surface area contributed by atoms with E-state index >= 15 is 0 Å². The first-order valence-electron chi connectivity index (χ1n) is 14.4. The molecular weight excluding hydrogens is 412 g/mol. The smallest absolute Gasteiger partial charge is 0.309 e. The first-order chi connectivity index (χ1) is 16.1. The molecule has 0 bridgehead atoms. The molecule has 4 heteroatoms. The van der Waals surface area contributed by atoms with Crippen LogP contribution in [0.25, 0.3) is 0 Å². The van der Waals surface area contributed by atoms with E-state index in [4.69, 9.17) is 9.47 Å². The minimum atomic E-state index is -0.314. The third-order valence-corrected chi connectivity index (χ3v) is 6.92. The van der Waals surface area contributed by atoms with Gasteiger partial charge in [0.2, 0.25) is 0 Å². The van der Waals surface area contributed by atoms with Crippen molar-refractivity contribution in [3.8, 4) is 0 Å². The molecule has 0 aromatic carbocycles.